The highest BCUT2D eigenvalue weighted by molar-refractivity contribution is 8.00. The van der Waals surface area contributed by atoms with E-state index in [2.05, 4.69) is 4.74 Å². The van der Waals surface area contributed by atoms with Crippen molar-refractivity contribution in [2.75, 3.05) is 5.75 Å². The fourth-order valence-corrected chi connectivity index (χ4v) is 2.58. The number of ether oxygens (including phenoxy) is 1. The van der Waals surface area contributed by atoms with Gasteiger partial charge in [0.25, 0.3) is 0 Å². The van der Waals surface area contributed by atoms with Crippen LogP contribution in [0.4, 0.5) is 13.2 Å². The van der Waals surface area contributed by atoms with Crippen molar-refractivity contribution >= 4 is 29.6 Å². The minimum atomic E-state index is -2.91. The number of alkyl halides is 2. The van der Waals surface area contributed by atoms with Crippen LogP contribution in [0.3, 0.4) is 0 Å². The van der Waals surface area contributed by atoms with Gasteiger partial charge in [0.05, 0.1) is 5.75 Å². The Balaban J connectivity index is 2.03. The first kappa shape index (κ1) is 19.6. The third-order valence-corrected chi connectivity index (χ3v) is 4.13. The molecule has 1 N–H and O–H groups in total. The average Bonchev–Trinajstić information content (AvgIpc) is 2.59. The molecule has 0 radical (unpaired) electrons. The van der Waals surface area contributed by atoms with Gasteiger partial charge in [0, 0.05) is 10.5 Å². The van der Waals surface area contributed by atoms with Crippen LogP contribution in [-0.2, 0) is 4.79 Å². The Kier molecular flexibility index (Phi) is 6.85. The van der Waals surface area contributed by atoms with E-state index in [1.54, 1.807) is 0 Å². The van der Waals surface area contributed by atoms with Gasteiger partial charge in [-0.1, -0.05) is 18.2 Å². The summed E-state index contributed by atoms with van der Waals surface area (Å²) >= 11 is 0.822. The second kappa shape index (κ2) is 9.10. The molecule has 2 aromatic rings. The molecular weight excluding hydrogens is 369 g/mol. The maximum Gasteiger partial charge on any atom is 0.387 e. The van der Waals surface area contributed by atoms with Crippen LogP contribution in [0.1, 0.15) is 15.9 Å². The topological polar surface area (TPSA) is 63.6 Å². The second-order valence-corrected chi connectivity index (χ2v) is 5.99. The third-order valence-electron chi connectivity index (χ3n) is 3.10. The zero-order valence-corrected chi connectivity index (χ0v) is 14.0. The number of halogens is 3. The number of allylic oxidation sites excluding steroid dienone is 1. The van der Waals surface area contributed by atoms with Crippen molar-refractivity contribution in [2.45, 2.75) is 11.5 Å². The van der Waals surface area contributed by atoms with E-state index in [0.717, 1.165) is 17.8 Å². The van der Waals surface area contributed by atoms with Crippen LogP contribution in [0.15, 0.2) is 53.4 Å². The van der Waals surface area contributed by atoms with Crippen molar-refractivity contribution in [2.24, 2.45) is 0 Å². The molecular formula is C18H13F3O4S. The van der Waals surface area contributed by atoms with Gasteiger partial charge in [-0.05, 0) is 42.0 Å². The summed E-state index contributed by atoms with van der Waals surface area (Å²) in [4.78, 5) is 22.7. The number of hydrogen-bond acceptors (Lipinski definition) is 4. The molecule has 0 bridgehead atoms. The molecule has 0 amide bonds. The first-order valence-corrected chi connectivity index (χ1v) is 8.25. The van der Waals surface area contributed by atoms with E-state index < -0.39 is 24.2 Å². The minimum Gasteiger partial charge on any atom is -0.481 e. The van der Waals surface area contributed by atoms with Crippen LogP contribution < -0.4 is 4.74 Å². The highest BCUT2D eigenvalue weighted by Crippen LogP contribution is 2.23. The van der Waals surface area contributed by atoms with Gasteiger partial charge in [-0.15, -0.1) is 11.8 Å². The first-order chi connectivity index (χ1) is 12.3. The SMILES string of the molecule is O=C(O)CSc1ccc(C(=O)/C=C/c2ccc(OC(F)F)cc2)cc1F. The van der Waals surface area contributed by atoms with E-state index in [1.165, 1.54) is 48.6 Å². The zero-order valence-electron chi connectivity index (χ0n) is 13.2. The summed E-state index contributed by atoms with van der Waals surface area (Å²) in [5, 5.41) is 8.60. The van der Waals surface area contributed by atoms with Crippen molar-refractivity contribution in [3.05, 3.63) is 65.5 Å². The Morgan fingerprint density at radius 2 is 1.85 bits per heavy atom. The van der Waals surface area contributed by atoms with Crippen LogP contribution in [0.2, 0.25) is 0 Å². The summed E-state index contributed by atoms with van der Waals surface area (Å²) in [6.07, 6.45) is 2.68. The van der Waals surface area contributed by atoms with Gasteiger partial charge >= 0.3 is 12.6 Å². The van der Waals surface area contributed by atoms with E-state index in [1.807, 2.05) is 0 Å². The molecule has 0 spiro atoms. The minimum absolute atomic E-state index is 0.00000252. The van der Waals surface area contributed by atoms with E-state index in [4.69, 9.17) is 5.11 Å². The zero-order chi connectivity index (χ0) is 19.1. The van der Waals surface area contributed by atoms with Crippen LogP contribution in [0.25, 0.3) is 6.08 Å². The van der Waals surface area contributed by atoms with Crippen LogP contribution in [0, 0.1) is 5.82 Å². The van der Waals surface area contributed by atoms with E-state index in [0.29, 0.717) is 5.56 Å². The number of aliphatic carboxylic acids is 1. The molecule has 0 saturated heterocycles. The Labute approximate surface area is 151 Å². The van der Waals surface area contributed by atoms with E-state index >= 15 is 0 Å². The van der Waals surface area contributed by atoms with Crippen LogP contribution in [-0.4, -0.2) is 29.2 Å². The lowest BCUT2D eigenvalue weighted by Gasteiger charge is -2.04. The second-order valence-electron chi connectivity index (χ2n) is 4.97. The quantitative estimate of drug-likeness (QED) is 0.414. The molecule has 26 heavy (non-hydrogen) atoms. The number of thioether (sulfide) groups is 1. The maximum absolute atomic E-state index is 13.9. The smallest absolute Gasteiger partial charge is 0.387 e. The van der Waals surface area contributed by atoms with Crippen molar-refractivity contribution in [3.63, 3.8) is 0 Å². The fourth-order valence-electron chi connectivity index (χ4n) is 1.94. The summed E-state index contributed by atoms with van der Waals surface area (Å²) in [5.41, 5.74) is 0.685. The van der Waals surface area contributed by atoms with Crippen molar-refractivity contribution in [3.8, 4) is 5.75 Å². The molecule has 0 aliphatic carbocycles. The maximum atomic E-state index is 13.9. The third kappa shape index (κ3) is 5.96. The monoisotopic (exact) mass is 382 g/mol. The van der Waals surface area contributed by atoms with Gasteiger partial charge < -0.3 is 9.84 Å². The molecule has 136 valence electrons. The number of hydrogen-bond donors (Lipinski definition) is 1. The molecule has 0 heterocycles. The Morgan fingerprint density at radius 3 is 2.42 bits per heavy atom. The highest BCUT2D eigenvalue weighted by Gasteiger charge is 2.10. The lowest BCUT2D eigenvalue weighted by Crippen LogP contribution is -2.01. The van der Waals surface area contributed by atoms with Crippen molar-refractivity contribution in [1.82, 2.24) is 0 Å². The normalized spacial score (nSPS) is 11.1. The summed E-state index contributed by atoms with van der Waals surface area (Å²) in [6.45, 7) is -2.91. The number of carbonyl (C=O) groups is 2. The molecule has 0 atom stereocenters. The lowest BCUT2D eigenvalue weighted by atomic mass is 10.1. The summed E-state index contributed by atoms with van der Waals surface area (Å²) in [5.74, 6) is -2.48. The Bertz CT molecular complexity index is 820. The predicted octanol–water partition coefficient (Wildman–Crippen LogP) is 4.50. The Morgan fingerprint density at radius 1 is 1.15 bits per heavy atom. The van der Waals surface area contributed by atoms with Gasteiger partial charge in [0.2, 0.25) is 0 Å². The molecule has 0 aliphatic rings. The van der Waals surface area contributed by atoms with Gasteiger partial charge in [-0.25, -0.2) is 4.39 Å². The molecule has 0 aliphatic heterocycles. The molecule has 0 unspecified atom stereocenters. The lowest BCUT2D eigenvalue weighted by molar-refractivity contribution is -0.133. The van der Waals surface area contributed by atoms with Crippen molar-refractivity contribution in [1.29, 1.82) is 0 Å². The van der Waals surface area contributed by atoms with Gasteiger partial charge in [-0.3, -0.25) is 9.59 Å². The average molecular weight is 382 g/mol. The number of ketones is 1. The molecule has 2 rings (SSSR count). The largest absolute Gasteiger partial charge is 0.481 e. The van der Waals surface area contributed by atoms with Gasteiger partial charge in [0.1, 0.15) is 11.6 Å². The molecule has 2 aromatic carbocycles. The molecule has 0 saturated carbocycles. The van der Waals surface area contributed by atoms with Gasteiger partial charge in [-0.2, -0.15) is 8.78 Å². The number of carboxylic acids is 1. The predicted molar refractivity (Wildman–Crippen MR) is 91.2 cm³/mol. The molecule has 8 heteroatoms. The Hall–Kier alpha value is -2.74. The highest BCUT2D eigenvalue weighted by atomic mass is 32.2. The fraction of sp³-hybridized carbons (Fsp3) is 0.111. The molecule has 0 fully saturated rings. The first-order valence-electron chi connectivity index (χ1n) is 7.26. The number of benzene rings is 2. The summed E-state index contributed by atoms with van der Waals surface area (Å²) in [6, 6.07) is 9.45. The van der Waals surface area contributed by atoms with E-state index in [-0.39, 0.29) is 22.0 Å². The van der Waals surface area contributed by atoms with E-state index in [9.17, 15) is 22.8 Å². The molecule has 4 nitrogen and oxygen atoms in total. The summed E-state index contributed by atoms with van der Waals surface area (Å²) < 4.78 is 42.3. The number of carbonyl (C=O) groups excluding carboxylic acids is 1. The van der Waals surface area contributed by atoms with Gasteiger partial charge in [0.15, 0.2) is 5.78 Å². The van der Waals surface area contributed by atoms with Crippen molar-refractivity contribution < 1.29 is 32.6 Å². The number of carboxylic acid groups (broad SMARTS) is 1. The standard InChI is InChI=1S/C18H13F3O4S/c19-14-9-12(4-8-16(14)26-10-17(23)24)15(22)7-3-11-1-5-13(6-2-11)25-18(20)21/h1-9,18H,10H2,(H,23,24)/b7-3+. The van der Waals surface area contributed by atoms with Crippen LogP contribution in [0.5, 0.6) is 5.75 Å². The van der Waals surface area contributed by atoms with Crippen LogP contribution >= 0.6 is 11.8 Å². The number of rotatable bonds is 8. The summed E-state index contributed by atoms with van der Waals surface area (Å²) in [7, 11) is 0. The molecule has 0 aromatic heterocycles.